The van der Waals surface area contributed by atoms with Gasteiger partial charge in [0.15, 0.2) is 11.0 Å². The van der Waals surface area contributed by atoms with Crippen LogP contribution in [-0.2, 0) is 17.8 Å². The Hall–Kier alpha value is -3.45. The summed E-state index contributed by atoms with van der Waals surface area (Å²) in [5, 5.41) is 8.83. The Morgan fingerprint density at radius 1 is 0.970 bits per heavy atom. The van der Waals surface area contributed by atoms with Gasteiger partial charge >= 0.3 is 0 Å². The van der Waals surface area contributed by atoms with Gasteiger partial charge in [0.2, 0.25) is 5.91 Å². The predicted octanol–water partition coefficient (Wildman–Crippen LogP) is 5.47. The van der Waals surface area contributed by atoms with E-state index in [0.29, 0.717) is 23.1 Å². The lowest BCUT2D eigenvalue weighted by Gasteiger charge is -2.21. The van der Waals surface area contributed by atoms with E-state index < -0.39 is 5.25 Å². The molecule has 0 radical (unpaired) electrons. The van der Waals surface area contributed by atoms with Gasteiger partial charge in [-0.2, -0.15) is 0 Å². The van der Waals surface area contributed by atoms with Gasteiger partial charge in [0.25, 0.3) is 0 Å². The Morgan fingerprint density at radius 3 is 2.30 bits per heavy atom. The molecule has 0 spiro atoms. The first-order valence-electron chi connectivity index (χ1n) is 10.8. The quantitative estimate of drug-likeness (QED) is 0.327. The second-order valence-electron chi connectivity index (χ2n) is 7.67. The Morgan fingerprint density at radius 2 is 1.61 bits per heavy atom. The molecule has 1 amide bonds. The molecular weight excluding hydrogens is 435 g/mol. The van der Waals surface area contributed by atoms with E-state index in [-0.39, 0.29) is 11.7 Å². The first-order chi connectivity index (χ1) is 16.0. The normalized spacial score (nSPS) is 11.8. The van der Waals surface area contributed by atoms with Crippen molar-refractivity contribution in [2.45, 2.75) is 30.3 Å². The van der Waals surface area contributed by atoms with Crippen LogP contribution in [0.3, 0.4) is 0 Å². The number of hydrogen-bond acceptors (Lipinski definition) is 4. The summed E-state index contributed by atoms with van der Waals surface area (Å²) in [6.45, 7) is 2.42. The highest BCUT2D eigenvalue weighted by Gasteiger charge is 2.24. The largest absolute Gasteiger partial charge is 0.315 e. The molecule has 4 aromatic rings. The second kappa shape index (κ2) is 10.4. The highest BCUT2D eigenvalue weighted by Crippen LogP contribution is 2.29. The van der Waals surface area contributed by atoms with Crippen molar-refractivity contribution < 1.29 is 9.18 Å². The third-order valence-electron chi connectivity index (χ3n) is 5.40. The number of carbonyl (C=O) groups is 1. The number of thioether (sulfide) groups is 1. The monoisotopic (exact) mass is 460 g/mol. The van der Waals surface area contributed by atoms with E-state index in [1.54, 1.807) is 30.1 Å². The Bertz CT molecular complexity index is 1210. The first-order valence-corrected chi connectivity index (χ1v) is 11.6. The van der Waals surface area contributed by atoms with Crippen molar-refractivity contribution in [3.05, 3.63) is 96.3 Å². The van der Waals surface area contributed by atoms with Crippen molar-refractivity contribution in [1.82, 2.24) is 14.8 Å². The van der Waals surface area contributed by atoms with Crippen molar-refractivity contribution in [2.24, 2.45) is 0 Å². The maximum absolute atomic E-state index is 14.6. The lowest BCUT2D eigenvalue weighted by atomic mass is 10.1. The van der Waals surface area contributed by atoms with E-state index in [1.807, 2.05) is 60.0 Å². The fourth-order valence-corrected chi connectivity index (χ4v) is 4.53. The summed E-state index contributed by atoms with van der Waals surface area (Å²) in [6.07, 6.45) is 0.736. The van der Waals surface area contributed by atoms with Gasteiger partial charge in [0, 0.05) is 19.3 Å². The molecule has 0 fully saturated rings. The van der Waals surface area contributed by atoms with Crippen LogP contribution in [0.25, 0.3) is 11.4 Å². The van der Waals surface area contributed by atoms with Crippen LogP contribution in [0.5, 0.6) is 0 Å². The molecule has 4 rings (SSSR count). The second-order valence-corrected chi connectivity index (χ2v) is 8.97. The maximum Gasteiger partial charge on any atom is 0.240 e. The van der Waals surface area contributed by atoms with Gasteiger partial charge in [-0.1, -0.05) is 72.4 Å². The summed E-state index contributed by atoms with van der Waals surface area (Å²) >= 11 is 1.33. The molecular formula is C26H25FN4OS. The van der Waals surface area contributed by atoms with Crippen LogP contribution in [0.15, 0.2) is 90.1 Å². The van der Waals surface area contributed by atoms with Crippen molar-refractivity contribution in [2.75, 3.05) is 11.9 Å². The third kappa shape index (κ3) is 5.31. The number of aryl methyl sites for hydroxylation is 1. The van der Waals surface area contributed by atoms with Crippen LogP contribution < -0.4 is 4.90 Å². The minimum Gasteiger partial charge on any atom is -0.315 e. The molecule has 0 aliphatic rings. The molecule has 0 saturated heterocycles. The molecule has 0 aliphatic carbocycles. The zero-order valence-corrected chi connectivity index (χ0v) is 19.4. The average Bonchev–Trinajstić information content (AvgIpc) is 3.25. The SMILES string of the molecule is C[C@@H](Sc1nnc(-c2ccccc2F)n1CCc1ccccc1)C(=O)N(C)c1ccccc1. The van der Waals surface area contributed by atoms with E-state index in [0.717, 1.165) is 17.7 Å². The maximum atomic E-state index is 14.6. The van der Waals surface area contributed by atoms with Crippen molar-refractivity contribution in [3.8, 4) is 11.4 Å². The van der Waals surface area contributed by atoms with Gasteiger partial charge in [-0.15, -0.1) is 10.2 Å². The van der Waals surface area contributed by atoms with Crippen molar-refractivity contribution >= 4 is 23.4 Å². The predicted molar refractivity (Wildman–Crippen MR) is 131 cm³/mol. The van der Waals surface area contributed by atoms with Crippen molar-refractivity contribution in [3.63, 3.8) is 0 Å². The van der Waals surface area contributed by atoms with Gasteiger partial charge in [-0.3, -0.25) is 4.79 Å². The molecule has 1 atom stereocenters. The number of halogens is 1. The molecule has 33 heavy (non-hydrogen) atoms. The van der Waals surface area contributed by atoms with Gasteiger partial charge in [-0.05, 0) is 43.2 Å². The van der Waals surface area contributed by atoms with Crippen LogP contribution in [0.4, 0.5) is 10.1 Å². The average molecular weight is 461 g/mol. The Labute approximate surface area is 197 Å². The molecule has 0 unspecified atom stereocenters. The first kappa shape index (κ1) is 22.7. The van der Waals surface area contributed by atoms with Gasteiger partial charge in [0.1, 0.15) is 5.82 Å². The lowest BCUT2D eigenvalue weighted by molar-refractivity contribution is -0.117. The van der Waals surface area contributed by atoms with E-state index in [9.17, 15) is 9.18 Å². The zero-order valence-electron chi connectivity index (χ0n) is 18.6. The van der Waals surface area contributed by atoms with E-state index in [4.69, 9.17) is 0 Å². The summed E-state index contributed by atoms with van der Waals surface area (Å²) in [5.41, 5.74) is 2.38. The van der Waals surface area contributed by atoms with Gasteiger partial charge in [-0.25, -0.2) is 4.39 Å². The van der Waals surface area contributed by atoms with Crippen LogP contribution in [-0.4, -0.2) is 33.0 Å². The number of carbonyl (C=O) groups excluding carboxylic acids is 1. The van der Waals surface area contributed by atoms with Crippen molar-refractivity contribution in [1.29, 1.82) is 0 Å². The third-order valence-corrected chi connectivity index (χ3v) is 6.47. The van der Waals surface area contributed by atoms with Crippen LogP contribution >= 0.6 is 11.8 Å². The molecule has 1 aromatic heterocycles. The lowest BCUT2D eigenvalue weighted by Crippen LogP contribution is -2.33. The fraction of sp³-hybridized carbons (Fsp3) is 0.192. The number of benzene rings is 3. The topological polar surface area (TPSA) is 51.0 Å². The standard InChI is InChI=1S/C26H25FN4OS/c1-19(25(32)30(2)21-13-7-4-8-14-21)33-26-29-28-24(22-15-9-10-16-23(22)27)31(26)18-17-20-11-5-3-6-12-20/h3-16,19H,17-18H2,1-2H3/t19-/m1/s1. The Balaban J connectivity index is 1.60. The minimum atomic E-state index is -0.400. The van der Waals surface area contributed by atoms with Crippen LogP contribution in [0, 0.1) is 5.82 Å². The Kier molecular flexibility index (Phi) is 7.19. The summed E-state index contributed by atoms with van der Waals surface area (Å²) in [4.78, 5) is 14.7. The summed E-state index contributed by atoms with van der Waals surface area (Å²) in [6, 6.07) is 26.1. The highest BCUT2D eigenvalue weighted by molar-refractivity contribution is 8.00. The molecule has 0 N–H and O–H groups in total. The molecule has 0 aliphatic heterocycles. The molecule has 0 saturated carbocycles. The summed E-state index contributed by atoms with van der Waals surface area (Å²) < 4.78 is 16.5. The molecule has 7 heteroatoms. The minimum absolute atomic E-state index is 0.0451. The van der Waals surface area contributed by atoms with Gasteiger partial charge in [0.05, 0.1) is 10.8 Å². The number of aromatic nitrogens is 3. The van der Waals surface area contributed by atoms with Crippen LogP contribution in [0.1, 0.15) is 12.5 Å². The van der Waals surface area contributed by atoms with E-state index >= 15 is 0 Å². The van der Waals surface area contributed by atoms with E-state index in [1.165, 1.54) is 17.8 Å². The number of nitrogens with zero attached hydrogens (tertiary/aromatic N) is 4. The molecule has 1 heterocycles. The number of hydrogen-bond donors (Lipinski definition) is 0. The fourth-order valence-electron chi connectivity index (χ4n) is 3.56. The smallest absolute Gasteiger partial charge is 0.240 e. The van der Waals surface area contributed by atoms with Crippen LogP contribution in [0.2, 0.25) is 0 Å². The molecule has 168 valence electrons. The number of para-hydroxylation sites is 1. The van der Waals surface area contributed by atoms with E-state index in [2.05, 4.69) is 22.3 Å². The number of rotatable bonds is 8. The molecule has 5 nitrogen and oxygen atoms in total. The number of amides is 1. The molecule has 0 bridgehead atoms. The zero-order chi connectivity index (χ0) is 23.2. The van der Waals surface area contributed by atoms with Gasteiger partial charge < -0.3 is 9.47 Å². The number of anilines is 1. The summed E-state index contributed by atoms with van der Waals surface area (Å²) in [5.74, 6) is 0.0641. The molecule has 3 aromatic carbocycles. The summed E-state index contributed by atoms with van der Waals surface area (Å²) in [7, 11) is 1.76. The highest BCUT2D eigenvalue weighted by atomic mass is 32.2.